The van der Waals surface area contributed by atoms with Gasteiger partial charge in [0.25, 0.3) is 0 Å². The maximum absolute atomic E-state index is 12.0. The number of aryl methyl sites for hydroxylation is 1. The van der Waals surface area contributed by atoms with Crippen LogP contribution in [0.1, 0.15) is 18.9 Å². The fraction of sp³-hybridized carbons (Fsp3) is 0.588. The number of carbonyl (C=O) groups is 1. The monoisotopic (exact) mass is 321 g/mol. The molecular weight excluding hydrogens is 294 g/mol. The summed E-state index contributed by atoms with van der Waals surface area (Å²) in [6.07, 6.45) is 1.01. The van der Waals surface area contributed by atoms with Gasteiger partial charge in [-0.15, -0.1) is 0 Å². The maximum Gasteiger partial charge on any atom is 0.319 e. The molecule has 2 amide bonds. The minimum atomic E-state index is -0.225. The smallest absolute Gasteiger partial charge is 0.319 e. The molecule has 0 unspecified atom stereocenters. The molecule has 1 fully saturated rings. The Bertz CT molecular complexity index is 522. The lowest BCUT2D eigenvalue weighted by Crippen LogP contribution is -2.43. The molecule has 6 heteroatoms. The predicted molar refractivity (Wildman–Crippen MR) is 91.2 cm³/mol. The lowest BCUT2D eigenvalue weighted by Gasteiger charge is -2.32. The van der Waals surface area contributed by atoms with Gasteiger partial charge in [0.2, 0.25) is 0 Å². The topological polar surface area (TPSA) is 62.8 Å². The quantitative estimate of drug-likeness (QED) is 0.843. The zero-order chi connectivity index (χ0) is 16.7. The first kappa shape index (κ1) is 17.6. The number of urea groups is 1. The third kappa shape index (κ3) is 5.41. The Hall–Kier alpha value is -1.79. The van der Waals surface area contributed by atoms with Gasteiger partial charge in [-0.25, -0.2) is 4.79 Å². The van der Waals surface area contributed by atoms with Crippen LogP contribution < -0.4 is 15.4 Å². The van der Waals surface area contributed by atoms with E-state index in [1.807, 2.05) is 25.1 Å². The molecule has 23 heavy (non-hydrogen) atoms. The van der Waals surface area contributed by atoms with Crippen LogP contribution in [0.25, 0.3) is 0 Å². The number of ether oxygens (including phenoxy) is 2. The molecule has 128 valence electrons. The van der Waals surface area contributed by atoms with Crippen LogP contribution in [0.4, 0.5) is 10.5 Å². The zero-order valence-electron chi connectivity index (χ0n) is 14.2. The van der Waals surface area contributed by atoms with E-state index < -0.39 is 0 Å². The van der Waals surface area contributed by atoms with Crippen LogP contribution in [0.3, 0.4) is 0 Å². The maximum atomic E-state index is 12.0. The minimum absolute atomic E-state index is 0.192. The van der Waals surface area contributed by atoms with Crippen molar-refractivity contribution in [2.24, 2.45) is 0 Å². The number of nitrogens with zero attached hydrogens (tertiary/aromatic N) is 1. The summed E-state index contributed by atoms with van der Waals surface area (Å²) in [7, 11) is 1.59. The van der Waals surface area contributed by atoms with Crippen molar-refractivity contribution in [3.63, 3.8) is 0 Å². The average Bonchev–Trinajstić information content (AvgIpc) is 2.55. The molecule has 0 bridgehead atoms. The van der Waals surface area contributed by atoms with Crippen LogP contribution in [-0.2, 0) is 4.74 Å². The van der Waals surface area contributed by atoms with Gasteiger partial charge in [0.05, 0.1) is 25.5 Å². The lowest BCUT2D eigenvalue weighted by molar-refractivity contribution is -0.0294. The van der Waals surface area contributed by atoms with Gasteiger partial charge < -0.3 is 20.1 Å². The first-order valence-corrected chi connectivity index (χ1v) is 8.15. The van der Waals surface area contributed by atoms with Crippen molar-refractivity contribution in [3.05, 3.63) is 23.8 Å². The van der Waals surface area contributed by atoms with Crippen molar-refractivity contribution in [1.29, 1.82) is 0 Å². The molecule has 6 nitrogen and oxygen atoms in total. The number of methoxy groups -OCH3 is 1. The van der Waals surface area contributed by atoms with E-state index in [2.05, 4.69) is 22.5 Å². The summed E-state index contributed by atoms with van der Waals surface area (Å²) >= 11 is 0. The number of hydrogen-bond acceptors (Lipinski definition) is 4. The summed E-state index contributed by atoms with van der Waals surface area (Å²) < 4.78 is 11.0. The van der Waals surface area contributed by atoms with E-state index in [1.165, 1.54) is 0 Å². The number of amides is 2. The van der Waals surface area contributed by atoms with Crippen molar-refractivity contribution >= 4 is 11.7 Å². The summed E-state index contributed by atoms with van der Waals surface area (Å²) in [5.41, 5.74) is 1.74. The number of benzene rings is 1. The van der Waals surface area contributed by atoms with Crippen LogP contribution in [0, 0.1) is 6.92 Å². The number of anilines is 1. The largest absolute Gasteiger partial charge is 0.495 e. The summed E-state index contributed by atoms with van der Waals surface area (Å²) in [6.45, 7) is 8.46. The Morgan fingerprint density at radius 2 is 2.30 bits per heavy atom. The van der Waals surface area contributed by atoms with Crippen molar-refractivity contribution in [2.45, 2.75) is 26.4 Å². The third-order valence-corrected chi connectivity index (χ3v) is 4.03. The molecule has 0 aromatic heterocycles. The van der Waals surface area contributed by atoms with Gasteiger partial charge in [-0.2, -0.15) is 0 Å². The van der Waals surface area contributed by atoms with Crippen LogP contribution in [0.2, 0.25) is 0 Å². The molecule has 1 saturated heterocycles. The molecule has 1 atom stereocenters. The highest BCUT2D eigenvalue weighted by molar-refractivity contribution is 5.91. The molecule has 0 saturated carbocycles. The Balaban J connectivity index is 1.76. The minimum Gasteiger partial charge on any atom is -0.495 e. The van der Waals surface area contributed by atoms with Gasteiger partial charge in [0, 0.05) is 19.6 Å². The van der Waals surface area contributed by atoms with Gasteiger partial charge >= 0.3 is 6.03 Å². The number of carbonyl (C=O) groups excluding carboxylic acids is 1. The molecule has 1 aromatic rings. The van der Waals surface area contributed by atoms with Gasteiger partial charge in [0.15, 0.2) is 0 Å². The number of nitrogens with one attached hydrogen (secondary N) is 2. The Morgan fingerprint density at radius 1 is 1.48 bits per heavy atom. The van der Waals surface area contributed by atoms with Gasteiger partial charge in [0.1, 0.15) is 5.75 Å². The Morgan fingerprint density at radius 3 is 3.04 bits per heavy atom. The third-order valence-electron chi connectivity index (χ3n) is 4.03. The SMILES string of the molecule is CCN1CCO[C@H](CCNC(=O)Nc2cc(C)ccc2OC)C1. The number of hydrogen-bond donors (Lipinski definition) is 2. The summed E-state index contributed by atoms with van der Waals surface area (Å²) in [5, 5.41) is 5.71. The van der Waals surface area contributed by atoms with Gasteiger partial charge in [-0.1, -0.05) is 13.0 Å². The standard InChI is InChI=1S/C17H27N3O3/c1-4-20-9-10-23-14(12-20)7-8-18-17(21)19-15-11-13(2)5-6-16(15)22-3/h5-6,11,14H,4,7-10,12H2,1-3H3,(H2,18,19,21)/t14-/m1/s1. The highest BCUT2D eigenvalue weighted by Crippen LogP contribution is 2.24. The molecule has 1 aliphatic rings. The van der Waals surface area contributed by atoms with Crippen molar-refractivity contribution in [1.82, 2.24) is 10.2 Å². The van der Waals surface area contributed by atoms with Crippen LogP contribution >= 0.6 is 0 Å². The van der Waals surface area contributed by atoms with E-state index in [0.29, 0.717) is 18.0 Å². The highest BCUT2D eigenvalue weighted by Gasteiger charge is 2.19. The number of morpholine rings is 1. The Labute approximate surface area is 138 Å². The number of rotatable bonds is 6. The van der Waals surface area contributed by atoms with Gasteiger partial charge in [-0.3, -0.25) is 4.90 Å². The van der Waals surface area contributed by atoms with Crippen molar-refractivity contribution < 1.29 is 14.3 Å². The first-order valence-electron chi connectivity index (χ1n) is 8.15. The average molecular weight is 321 g/mol. The van der Waals surface area contributed by atoms with E-state index in [0.717, 1.165) is 38.2 Å². The highest BCUT2D eigenvalue weighted by atomic mass is 16.5. The molecule has 0 aliphatic carbocycles. The van der Waals surface area contributed by atoms with Crippen LogP contribution in [0.15, 0.2) is 18.2 Å². The molecule has 1 aliphatic heterocycles. The normalized spacial score (nSPS) is 18.5. The molecule has 1 heterocycles. The fourth-order valence-corrected chi connectivity index (χ4v) is 2.67. The Kier molecular flexibility index (Phi) is 6.67. The summed E-state index contributed by atoms with van der Waals surface area (Å²) in [6, 6.07) is 5.46. The first-order chi connectivity index (χ1) is 11.1. The second-order valence-electron chi connectivity index (χ2n) is 5.76. The van der Waals surface area contributed by atoms with Crippen molar-refractivity contribution in [2.75, 3.05) is 45.2 Å². The van der Waals surface area contributed by atoms with E-state index in [9.17, 15) is 4.79 Å². The van der Waals surface area contributed by atoms with Crippen LogP contribution in [0.5, 0.6) is 5.75 Å². The van der Waals surface area contributed by atoms with Gasteiger partial charge in [-0.05, 0) is 37.6 Å². The fourth-order valence-electron chi connectivity index (χ4n) is 2.67. The second kappa shape index (κ2) is 8.74. The van der Waals surface area contributed by atoms with E-state index >= 15 is 0 Å². The second-order valence-corrected chi connectivity index (χ2v) is 5.76. The predicted octanol–water partition coefficient (Wildman–Crippen LogP) is 2.24. The van der Waals surface area contributed by atoms with E-state index in [-0.39, 0.29) is 12.1 Å². The molecule has 2 N–H and O–H groups in total. The van der Waals surface area contributed by atoms with E-state index in [1.54, 1.807) is 7.11 Å². The molecule has 1 aromatic carbocycles. The number of likely N-dealkylation sites (N-methyl/N-ethyl adjacent to an activating group) is 1. The molecule has 0 spiro atoms. The molecule has 0 radical (unpaired) electrons. The van der Waals surface area contributed by atoms with Crippen LogP contribution in [-0.4, -0.2) is 56.9 Å². The lowest BCUT2D eigenvalue weighted by atomic mass is 10.2. The van der Waals surface area contributed by atoms with E-state index in [4.69, 9.17) is 9.47 Å². The summed E-state index contributed by atoms with van der Waals surface area (Å²) in [5.74, 6) is 0.653. The summed E-state index contributed by atoms with van der Waals surface area (Å²) in [4.78, 5) is 14.4. The molecule has 2 rings (SSSR count). The zero-order valence-corrected chi connectivity index (χ0v) is 14.2. The molecular formula is C17H27N3O3. The van der Waals surface area contributed by atoms with Crippen molar-refractivity contribution in [3.8, 4) is 5.75 Å².